The maximum atomic E-state index is 13.3. The van der Waals surface area contributed by atoms with Crippen LogP contribution >= 0.6 is 0 Å². The topological polar surface area (TPSA) is 73.0 Å². The molecule has 1 aromatic carbocycles. The van der Waals surface area contributed by atoms with Crippen molar-refractivity contribution in [3.63, 3.8) is 0 Å². The average Bonchev–Trinajstić information content (AvgIpc) is 3.29. The van der Waals surface area contributed by atoms with Crippen molar-refractivity contribution in [3.8, 4) is 11.5 Å². The molecule has 3 aromatic heterocycles. The van der Waals surface area contributed by atoms with Crippen LogP contribution in [0.4, 0.5) is 8.78 Å². The average molecular weight is 396 g/mol. The highest BCUT2D eigenvalue weighted by atomic mass is 19.1. The Morgan fingerprint density at radius 3 is 2.66 bits per heavy atom. The van der Waals surface area contributed by atoms with Gasteiger partial charge in [-0.3, -0.25) is 9.48 Å². The van der Waals surface area contributed by atoms with Gasteiger partial charge in [-0.05, 0) is 49.2 Å². The zero-order chi connectivity index (χ0) is 20.5. The van der Waals surface area contributed by atoms with Gasteiger partial charge in [-0.25, -0.2) is 13.8 Å². The summed E-state index contributed by atoms with van der Waals surface area (Å²) in [7, 11) is 1.76. The van der Waals surface area contributed by atoms with Gasteiger partial charge in [0.1, 0.15) is 17.3 Å². The molecule has 0 unspecified atom stereocenters. The van der Waals surface area contributed by atoms with Gasteiger partial charge < -0.3 is 9.73 Å². The third kappa shape index (κ3) is 3.73. The van der Waals surface area contributed by atoms with Gasteiger partial charge in [-0.2, -0.15) is 5.10 Å². The predicted molar refractivity (Wildman–Crippen MR) is 103 cm³/mol. The Bertz CT molecular complexity index is 1180. The molecular weight excluding hydrogens is 378 g/mol. The van der Waals surface area contributed by atoms with Crippen LogP contribution in [0.2, 0.25) is 0 Å². The minimum Gasteiger partial charge on any atom is -0.463 e. The van der Waals surface area contributed by atoms with Crippen LogP contribution in [0.1, 0.15) is 21.6 Å². The van der Waals surface area contributed by atoms with Gasteiger partial charge in [0.15, 0.2) is 11.4 Å². The number of hydrogen-bond donors (Lipinski definition) is 1. The Morgan fingerprint density at radius 2 is 1.97 bits per heavy atom. The second-order valence-electron chi connectivity index (χ2n) is 6.72. The smallest absolute Gasteiger partial charge is 0.252 e. The van der Waals surface area contributed by atoms with Crippen molar-refractivity contribution in [2.45, 2.75) is 13.3 Å². The Hall–Kier alpha value is -3.55. The van der Waals surface area contributed by atoms with Crippen molar-refractivity contribution >= 4 is 16.9 Å². The van der Waals surface area contributed by atoms with Crippen molar-refractivity contribution in [2.75, 3.05) is 6.54 Å². The van der Waals surface area contributed by atoms with E-state index in [2.05, 4.69) is 15.4 Å². The molecule has 4 aromatic rings. The molecule has 29 heavy (non-hydrogen) atoms. The lowest BCUT2D eigenvalue weighted by Crippen LogP contribution is -2.26. The van der Waals surface area contributed by atoms with Crippen LogP contribution in [0.5, 0.6) is 0 Å². The molecule has 6 nitrogen and oxygen atoms in total. The Kier molecular flexibility index (Phi) is 4.84. The zero-order valence-electron chi connectivity index (χ0n) is 15.9. The van der Waals surface area contributed by atoms with Crippen LogP contribution in [0.15, 0.2) is 47.1 Å². The number of carbonyl (C=O) groups is 1. The molecule has 0 saturated carbocycles. The van der Waals surface area contributed by atoms with Crippen LogP contribution in [0, 0.1) is 18.6 Å². The summed E-state index contributed by atoms with van der Waals surface area (Å²) in [5.74, 6) is -1.07. The molecule has 148 valence electrons. The maximum Gasteiger partial charge on any atom is 0.252 e. The molecule has 0 aliphatic rings. The number of fused-ring (bicyclic) bond motifs is 1. The van der Waals surface area contributed by atoms with Gasteiger partial charge in [-0.15, -0.1) is 0 Å². The van der Waals surface area contributed by atoms with Gasteiger partial charge in [0, 0.05) is 19.7 Å². The number of benzene rings is 1. The van der Waals surface area contributed by atoms with E-state index in [1.807, 2.05) is 6.92 Å². The third-order valence-electron chi connectivity index (χ3n) is 4.61. The van der Waals surface area contributed by atoms with Crippen LogP contribution in [0.25, 0.3) is 22.5 Å². The van der Waals surface area contributed by atoms with Crippen molar-refractivity contribution in [2.24, 2.45) is 7.05 Å². The lowest BCUT2D eigenvalue weighted by atomic mass is 10.1. The number of aryl methyl sites for hydroxylation is 2. The number of rotatable bonds is 5. The second kappa shape index (κ2) is 7.46. The van der Waals surface area contributed by atoms with Crippen LogP contribution in [0.3, 0.4) is 0 Å². The number of pyridine rings is 1. The first kappa shape index (κ1) is 18.8. The number of nitrogens with zero attached hydrogens (tertiary/aromatic N) is 3. The summed E-state index contributed by atoms with van der Waals surface area (Å²) >= 11 is 0. The standard InChI is InChI=1S/C21H18F2N4O2/c1-12-19-16(21(28)24-6-5-13-8-14(22)10-15(23)9-13)11-17(18-4-3-7-29-18)25-20(19)27(2)26-12/h3-4,7-11H,5-6H2,1-2H3,(H,24,28). The minimum absolute atomic E-state index is 0.223. The zero-order valence-corrected chi connectivity index (χ0v) is 15.9. The number of amides is 1. The lowest BCUT2D eigenvalue weighted by Gasteiger charge is -2.09. The highest BCUT2D eigenvalue weighted by molar-refractivity contribution is 6.07. The maximum absolute atomic E-state index is 13.3. The lowest BCUT2D eigenvalue weighted by molar-refractivity contribution is 0.0955. The number of aromatic nitrogens is 3. The normalized spacial score (nSPS) is 11.2. The van der Waals surface area contributed by atoms with Crippen LogP contribution < -0.4 is 5.32 Å². The number of nitrogens with one attached hydrogen (secondary N) is 1. The minimum atomic E-state index is -0.642. The molecule has 0 saturated heterocycles. The molecule has 0 fully saturated rings. The quantitative estimate of drug-likeness (QED) is 0.557. The van der Waals surface area contributed by atoms with E-state index in [1.54, 1.807) is 29.9 Å². The fraction of sp³-hybridized carbons (Fsp3) is 0.190. The van der Waals surface area contributed by atoms with Gasteiger partial charge >= 0.3 is 0 Å². The summed E-state index contributed by atoms with van der Waals surface area (Å²) in [5.41, 5.74) is 2.64. The Morgan fingerprint density at radius 1 is 1.21 bits per heavy atom. The first-order valence-corrected chi connectivity index (χ1v) is 9.04. The molecule has 1 amide bonds. The van der Waals surface area contributed by atoms with E-state index < -0.39 is 11.6 Å². The number of halogens is 2. The van der Waals surface area contributed by atoms with Crippen molar-refractivity contribution in [1.29, 1.82) is 0 Å². The van der Waals surface area contributed by atoms with E-state index in [4.69, 9.17) is 4.42 Å². The molecule has 0 aliphatic carbocycles. The third-order valence-corrected chi connectivity index (χ3v) is 4.61. The van der Waals surface area contributed by atoms with Crippen LogP contribution in [-0.4, -0.2) is 27.2 Å². The SMILES string of the molecule is Cc1nn(C)c2nc(-c3ccco3)cc(C(=O)NCCc3cc(F)cc(F)c3)c12. The van der Waals surface area contributed by atoms with E-state index in [0.717, 1.165) is 6.07 Å². The first-order chi connectivity index (χ1) is 13.9. The monoisotopic (exact) mass is 396 g/mol. The number of hydrogen-bond acceptors (Lipinski definition) is 4. The summed E-state index contributed by atoms with van der Waals surface area (Å²) in [6.07, 6.45) is 1.83. The fourth-order valence-corrected chi connectivity index (χ4v) is 3.35. The molecule has 0 spiro atoms. The molecule has 4 rings (SSSR count). The summed E-state index contributed by atoms with van der Waals surface area (Å²) in [6, 6.07) is 8.48. The van der Waals surface area contributed by atoms with E-state index in [1.165, 1.54) is 18.4 Å². The molecule has 0 bridgehead atoms. The highest BCUT2D eigenvalue weighted by Crippen LogP contribution is 2.27. The van der Waals surface area contributed by atoms with Gasteiger partial charge in [0.25, 0.3) is 5.91 Å². The van der Waals surface area contributed by atoms with Gasteiger partial charge in [0.05, 0.1) is 22.9 Å². The van der Waals surface area contributed by atoms with E-state index in [-0.39, 0.29) is 12.5 Å². The van der Waals surface area contributed by atoms with Crippen molar-refractivity contribution in [3.05, 3.63) is 71.1 Å². The van der Waals surface area contributed by atoms with E-state index in [0.29, 0.717) is 45.7 Å². The fourth-order valence-electron chi connectivity index (χ4n) is 3.35. The largest absolute Gasteiger partial charge is 0.463 e. The molecule has 0 atom stereocenters. The van der Waals surface area contributed by atoms with E-state index >= 15 is 0 Å². The summed E-state index contributed by atoms with van der Waals surface area (Å²) in [6.45, 7) is 2.03. The number of carbonyl (C=O) groups excluding carboxylic acids is 1. The molecule has 3 heterocycles. The molecular formula is C21H18F2N4O2. The molecule has 8 heteroatoms. The number of furan rings is 1. The van der Waals surface area contributed by atoms with Crippen molar-refractivity contribution < 1.29 is 18.0 Å². The van der Waals surface area contributed by atoms with Crippen LogP contribution in [-0.2, 0) is 13.5 Å². The summed E-state index contributed by atoms with van der Waals surface area (Å²) in [4.78, 5) is 17.5. The first-order valence-electron chi connectivity index (χ1n) is 9.04. The van der Waals surface area contributed by atoms with Gasteiger partial charge in [-0.1, -0.05) is 0 Å². The predicted octanol–water partition coefficient (Wildman–Crippen LogP) is 3.79. The molecule has 0 aliphatic heterocycles. The van der Waals surface area contributed by atoms with Gasteiger partial charge in [0.2, 0.25) is 0 Å². The summed E-state index contributed by atoms with van der Waals surface area (Å²) in [5, 5.41) is 7.82. The molecule has 0 radical (unpaired) electrons. The Labute approximate surface area is 165 Å². The summed E-state index contributed by atoms with van der Waals surface area (Å²) < 4.78 is 33.7. The van der Waals surface area contributed by atoms with Crippen molar-refractivity contribution in [1.82, 2.24) is 20.1 Å². The Balaban J connectivity index is 1.62. The second-order valence-corrected chi connectivity index (χ2v) is 6.72. The molecule has 1 N–H and O–H groups in total. The van der Waals surface area contributed by atoms with E-state index in [9.17, 15) is 13.6 Å². The highest BCUT2D eigenvalue weighted by Gasteiger charge is 2.20.